The Balaban J connectivity index is 1.59. The molecule has 0 spiro atoms. The number of carbonyl (C=O) groups excluding carboxylic acids is 1. The highest BCUT2D eigenvalue weighted by Crippen LogP contribution is 2.01. The third-order valence-corrected chi connectivity index (χ3v) is 2.85. The summed E-state index contributed by atoms with van der Waals surface area (Å²) in [6.07, 6.45) is 1.93. The maximum Gasteiger partial charge on any atom is 0.252 e. The average molecular weight is 288 g/mol. The lowest BCUT2D eigenvalue weighted by Gasteiger charge is -2.06. The largest absolute Gasteiger partial charge is 0.377 e. The second kappa shape index (κ2) is 8.11. The average Bonchev–Trinajstić information content (AvgIpc) is 2.52. The van der Waals surface area contributed by atoms with Crippen LogP contribution in [-0.4, -0.2) is 24.0 Å². The van der Waals surface area contributed by atoms with Gasteiger partial charge in [0.15, 0.2) is 0 Å². The number of aromatic nitrogens is 1. The van der Waals surface area contributed by atoms with Gasteiger partial charge >= 0.3 is 0 Å². The normalized spacial score (nSPS) is 10.3. The molecule has 0 aliphatic rings. The van der Waals surface area contributed by atoms with Crippen LogP contribution in [0.25, 0.3) is 0 Å². The Hall–Kier alpha value is -2.27. The molecule has 0 saturated carbocycles. The van der Waals surface area contributed by atoms with Gasteiger partial charge in [-0.05, 0) is 24.1 Å². The Morgan fingerprint density at radius 3 is 2.71 bits per heavy atom. The van der Waals surface area contributed by atoms with Gasteiger partial charge in [0.25, 0.3) is 5.91 Å². The molecule has 0 saturated heterocycles. The summed E-state index contributed by atoms with van der Waals surface area (Å²) in [5, 5.41) is 2.74. The van der Waals surface area contributed by atoms with Crippen molar-refractivity contribution in [2.45, 2.75) is 13.0 Å². The highest BCUT2D eigenvalue weighted by molar-refractivity contribution is 5.93. The van der Waals surface area contributed by atoms with Gasteiger partial charge in [-0.25, -0.2) is 4.98 Å². The van der Waals surface area contributed by atoms with Crippen molar-refractivity contribution >= 4 is 5.91 Å². The van der Waals surface area contributed by atoms with Crippen LogP contribution in [0.3, 0.4) is 0 Å². The Morgan fingerprint density at radius 2 is 2.00 bits per heavy atom. The third-order valence-electron chi connectivity index (χ3n) is 2.85. The Kier molecular flexibility index (Phi) is 5.84. The van der Waals surface area contributed by atoms with Crippen molar-refractivity contribution in [3.05, 3.63) is 65.7 Å². The summed E-state index contributed by atoms with van der Waals surface area (Å²) >= 11 is 0. The Morgan fingerprint density at radius 1 is 1.19 bits per heavy atom. The van der Waals surface area contributed by atoms with Crippen LogP contribution in [0.1, 0.15) is 22.3 Å². The number of rotatable bonds is 7. The molecular weight excluding hydrogens is 271 g/mol. The van der Waals surface area contributed by atoms with Crippen molar-refractivity contribution in [3.8, 4) is 0 Å². The van der Waals surface area contributed by atoms with Gasteiger partial charge < -0.3 is 10.1 Å². The summed E-state index contributed by atoms with van der Waals surface area (Å²) in [7, 11) is 0. The number of nitrogens with one attached hydrogen (secondary N) is 1. The van der Waals surface area contributed by atoms with E-state index in [4.69, 9.17) is 4.74 Å². The van der Waals surface area contributed by atoms with Gasteiger partial charge in [-0.15, -0.1) is 0 Å². The summed E-state index contributed by atoms with van der Waals surface area (Å²) in [5.41, 5.74) is 1.47. The van der Waals surface area contributed by atoms with E-state index in [9.17, 15) is 9.18 Å². The molecule has 1 N–H and O–H groups in total. The molecule has 1 amide bonds. The number of pyridine rings is 1. The van der Waals surface area contributed by atoms with Gasteiger partial charge in [-0.1, -0.05) is 30.3 Å². The lowest BCUT2D eigenvalue weighted by molar-refractivity contribution is 0.0934. The van der Waals surface area contributed by atoms with Gasteiger partial charge in [0.2, 0.25) is 5.95 Å². The van der Waals surface area contributed by atoms with Gasteiger partial charge in [0.1, 0.15) is 0 Å². The smallest absolute Gasteiger partial charge is 0.252 e. The first-order valence-electron chi connectivity index (χ1n) is 6.77. The summed E-state index contributed by atoms with van der Waals surface area (Å²) < 4.78 is 18.1. The quantitative estimate of drug-likeness (QED) is 0.629. The molecule has 0 fully saturated rings. The number of amides is 1. The van der Waals surface area contributed by atoms with Crippen molar-refractivity contribution in [1.82, 2.24) is 10.3 Å². The van der Waals surface area contributed by atoms with Crippen molar-refractivity contribution in [3.63, 3.8) is 0 Å². The predicted octanol–water partition coefficient (Wildman–Crippen LogP) is 2.56. The first kappa shape index (κ1) is 15.1. The van der Waals surface area contributed by atoms with E-state index in [1.807, 2.05) is 30.3 Å². The molecule has 21 heavy (non-hydrogen) atoms. The van der Waals surface area contributed by atoms with E-state index in [2.05, 4.69) is 10.3 Å². The molecule has 5 heteroatoms. The molecule has 1 aromatic carbocycles. The molecule has 1 aromatic heterocycles. The summed E-state index contributed by atoms with van der Waals surface area (Å²) in [6, 6.07) is 12.5. The molecule has 0 atom stereocenters. The maximum atomic E-state index is 12.6. The van der Waals surface area contributed by atoms with Crippen molar-refractivity contribution in [2.75, 3.05) is 13.2 Å². The molecular formula is C16H17FN2O2. The molecule has 1 heterocycles. The van der Waals surface area contributed by atoms with Crippen molar-refractivity contribution in [2.24, 2.45) is 0 Å². The number of hydrogen-bond donors (Lipinski definition) is 1. The fraction of sp³-hybridized carbons (Fsp3) is 0.250. The van der Waals surface area contributed by atoms with Crippen molar-refractivity contribution in [1.29, 1.82) is 0 Å². The van der Waals surface area contributed by atoms with E-state index < -0.39 is 5.95 Å². The zero-order valence-electron chi connectivity index (χ0n) is 11.6. The monoisotopic (exact) mass is 288 g/mol. The van der Waals surface area contributed by atoms with Gasteiger partial charge in [0.05, 0.1) is 12.2 Å². The highest BCUT2D eigenvalue weighted by atomic mass is 19.1. The topological polar surface area (TPSA) is 51.2 Å². The Bertz CT molecular complexity index is 558. The number of carbonyl (C=O) groups is 1. The van der Waals surface area contributed by atoms with E-state index in [0.29, 0.717) is 31.7 Å². The molecule has 110 valence electrons. The molecule has 0 unspecified atom stereocenters. The molecule has 0 radical (unpaired) electrons. The first-order chi connectivity index (χ1) is 10.3. The van der Waals surface area contributed by atoms with E-state index in [0.717, 1.165) is 11.6 Å². The lowest BCUT2D eigenvalue weighted by atomic mass is 10.2. The van der Waals surface area contributed by atoms with E-state index in [-0.39, 0.29) is 5.91 Å². The number of hydrogen-bond acceptors (Lipinski definition) is 3. The summed E-state index contributed by atoms with van der Waals surface area (Å²) in [4.78, 5) is 15.1. The zero-order valence-corrected chi connectivity index (χ0v) is 11.6. The van der Waals surface area contributed by atoms with Crippen molar-refractivity contribution < 1.29 is 13.9 Å². The Labute approximate surface area is 123 Å². The number of ether oxygens (including phenoxy) is 1. The van der Waals surface area contributed by atoms with Crippen LogP contribution >= 0.6 is 0 Å². The number of benzene rings is 1. The van der Waals surface area contributed by atoms with Crippen LogP contribution in [0.2, 0.25) is 0 Å². The van der Waals surface area contributed by atoms with Crippen LogP contribution in [-0.2, 0) is 11.3 Å². The van der Waals surface area contributed by atoms with Crippen LogP contribution in [0.5, 0.6) is 0 Å². The second-order valence-electron chi connectivity index (χ2n) is 4.52. The zero-order chi connectivity index (χ0) is 14.9. The first-order valence-corrected chi connectivity index (χ1v) is 6.77. The van der Waals surface area contributed by atoms with Gasteiger partial charge in [0, 0.05) is 19.3 Å². The van der Waals surface area contributed by atoms with Crippen LogP contribution < -0.4 is 5.32 Å². The lowest BCUT2D eigenvalue weighted by Crippen LogP contribution is -2.25. The molecule has 0 aliphatic carbocycles. The standard InChI is InChI=1S/C16H17FN2O2/c17-15-8-7-14(11-19-15)16(20)18-9-4-10-21-12-13-5-2-1-3-6-13/h1-3,5-8,11H,4,9-10,12H2,(H,18,20). The van der Waals surface area contributed by atoms with Crippen LogP contribution in [0, 0.1) is 5.95 Å². The van der Waals surface area contributed by atoms with E-state index in [1.54, 1.807) is 0 Å². The third kappa shape index (κ3) is 5.31. The van der Waals surface area contributed by atoms with Crippen LogP contribution in [0.15, 0.2) is 48.7 Å². The summed E-state index contributed by atoms with van der Waals surface area (Å²) in [5.74, 6) is -0.855. The fourth-order valence-electron chi connectivity index (χ4n) is 1.75. The summed E-state index contributed by atoms with van der Waals surface area (Å²) in [6.45, 7) is 1.64. The molecule has 0 aliphatic heterocycles. The number of nitrogens with zero attached hydrogens (tertiary/aromatic N) is 1. The SMILES string of the molecule is O=C(NCCCOCc1ccccc1)c1ccc(F)nc1. The number of halogens is 1. The van der Waals surface area contributed by atoms with Crippen LogP contribution in [0.4, 0.5) is 4.39 Å². The predicted molar refractivity (Wildman–Crippen MR) is 77.2 cm³/mol. The van der Waals surface area contributed by atoms with Gasteiger partial charge in [-0.2, -0.15) is 4.39 Å². The minimum absolute atomic E-state index is 0.259. The minimum atomic E-state index is -0.596. The van der Waals surface area contributed by atoms with E-state index in [1.165, 1.54) is 12.3 Å². The fourth-order valence-corrected chi connectivity index (χ4v) is 1.75. The molecule has 4 nitrogen and oxygen atoms in total. The molecule has 0 bridgehead atoms. The second-order valence-corrected chi connectivity index (χ2v) is 4.52. The molecule has 2 aromatic rings. The van der Waals surface area contributed by atoms with Gasteiger partial charge in [-0.3, -0.25) is 4.79 Å². The van der Waals surface area contributed by atoms with E-state index >= 15 is 0 Å². The maximum absolute atomic E-state index is 12.6. The minimum Gasteiger partial charge on any atom is -0.377 e. The highest BCUT2D eigenvalue weighted by Gasteiger charge is 2.05. The molecule has 2 rings (SSSR count).